The Bertz CT molecular complexity index is 626. The Balaban J connectivity index is 3.09. The summed E-state index contributed by atoms with van der Waals surface area (Å²) in [6.07, 6.45) is -5.32. The van der Waals surface area contributed by atoms with Crippen LogP contribution in [0.25, 0.3) is 5.76 Å². The van der Waals surface area contributed by atoms with Crippen LogP contribution in [0.1, 0.15) is 11.1 Å². The molecule has 118 valence electrons. The van der Waals surface area contributed by atoms with Gasteiger partial charge in [0.2, 0.25) is 0 Å². The third-order valence-electron chi connectivity index (χ3n) is 2.08. The predicted octanol–water partition coefficient (Wildman–Crippen LogP) is 3.84. The molecule has 0 bridgehead atoms. The molecule has 0 aliphatic rings. The minimum absolute atomic E-state index is 0.433. The zero-order valence-electron chi connectivity index (χ0n) is 9.67. The van der Waals surface area contributed by atoms with Crippen LogP contribution in [0.15, 0.2) is 30.6 Å². The van der Waals surface area contributed by atoms with Crippen LogP contribution in [0.2, 0.25) is 0 Å². The summed E-state index contributed by atoms with van der Waals surface area (Å²) in [5.74, 6) is -1.39. The highest BCUT2D eigenvalue weighted by atomic mass is 32.2. The second-order valence-corrected chi connectivity index (χ2v) is 5.07. The summed E-state index contributed by atoms with van der Waals surface area (Å²) in [5.41, 5.74) is -7.56. The molecule has 1 rings (SSSR count). The van der Waals surface area contributed by atoms with Gasteiger partial charge in [0.25, 0.3) is 0 Å². The van der Waals surface area contributed by atoms with Gasteiger partial charge in [0.1, 0.15) is 6.33 Å². The van der Waals surface area contributed by atoms with Crippen LogP contribution in [0, 0.1) is 0 Å². The number of halogens is 7. The fraction of sp³-hybridized carbons (Fsp3) is 0.200. The number of hydrogen-bond acceptors (Lipinski definition) is 3. The first-order valence-electron chi connectivity index (χ1n) is 4.87. The van der Waals surface area contributed by atoms with Gasteiger partial charge < -0.3 is 4.18 Å². The minimum Gasteiger partial charge on any atom is -0.373 e. The average molecular weight is 338 g/mol. The molecule has 0 saturated heterocycles. The molecule has 0 aliphatic carbocycles. The van der Waals surface area contributed by atoms with Crippen molar-refractivity contribution >= 4 is 15.9 Å². The van der Waals surface area contributed by atoms with Crippen molar-refractivity contribution in [2.75, 3.05) is 0 Å². The predicted molar refractivity (Wildman–Crippen MR) is 56.6 cm³/mol. The van der Waals surface area contributed by atoms with Gasteiger partial charge in [0.15, 0.2) is 5.76 Å². The van der Waals surface area contributed by atoms with Gasteiger partial charge in [0.05, 0.1) is 5.56 Å². The summed E-state index contributed by atoms with van der Waals surface area (Å²) in [4.78, 5) is 0. The van der Waals surface area contributed by atoms with Crippen LogP contribution in [-0.2, 0) is 20.5 Å². The summed E-state index contributed by atoms with van der Waals surface area (Å²) in [7, 11) is -6.13. The van der Waals surface area contributed by atoms with E-state index >= 15 is 0 Å². The number of rotatable bonds is 3. The Morgan fingerprint density at radius 1 is 1.00 bits per heavy atom. The minimum atomic E-state index is -6.13. The lowest BCUT2D eigenvalue weighted by Crippen LogP contribution is -2.25. The maximum absolute atomic E-state index is 12.5. The molecule has 11 heteroatoms. The maximum Gasteiger partial charge on any atom is 0.534 e. The van der Waals surface area contributed by atoms with Crippen molar-refractivity contribution < 1.29 is 43.3 Å². The van der Waals surface area contributed by atoms with E-state index in [1.165, 1.54) is 0 Å². The summed E-state index contributed by atoms with van der Waals surface area (Å²) < 4.78 is 110. The first kappa shape index (κ1) is 17.3. The highest BCUT2D eigenvalue weighted by Gasteiger charge is 2.49. The van der Waals surface area contributed by atoms with Crippen molar-refractivity contribution in [3.05, 3.63) is 41.7 Å². The first-order valence-corrected chi connectivity index (χ1v) is 6.28. The molecule has 0 saturated carbocycles. The molecule has 0 unspecified atom stereocenters. The van der Waals surface area contributed by atoms with E-state index in [9.17, 15) is 39.2 Å². The van der Waals surface area contributed by atoms with Crippen LogP contribution >= 0.6 is 0 Å². The van der Waals surface area contributed by atoms with Crippen LogP contribution in [0.5, 0.6) is 0 Å². The Kier molecular flexibility index (Phi) is 4.56. The highest BCUT2D eigenvalue weighted by molar-refractivity contribution is 7.87. The zero-order valence-corrected chi connectivity index (χ0v) is 10.5. The Morgan fingerprint density at radius 3 is 1.81 bits per heavy atom. The SMILES string of the molecule is O=S(=O)(O/C(=C/F)c1ccc(C(F)(F)F)cc1)C(F)(F)F. The molecule has 1 aromatic rings. The van der Waals surface area contributed by atoms with Gasteiger partial charge in [-0.3, -0.25) is 0 Å². The summed E-state index contributed by atoms with van der Waals surface area (Å²) >= 11 is 0. The van der Waals surface area contributed by atoms with E-state index in [1.807, 2.05) is 0 Å². The summed E-state index contributed by atoms with van der Waals surface area (Å²) in [5, 5.41) is 0. The number of hydrogen-bond donors (Lipinski definition) is 0. The molecule has 0 spiro atoms. The lowest BCUT2D eigenvalue weighted by molar-refractivity contribution is -0.137. The largest absolute Gasteiger partial charge is 0.534 e. The number of alkyl halides is 6. The van der Waals surface area contributed by atoms with Gasteiger partial charge in [-0.05, 0) is 12.1 Å². The summed E-state index contributed by atoms with van der Waals surface area (Å²) in [6.45, 7) is 0. The Morgan fingerprint density at radius 2 is 1.48 bits per heavy atom. The quantitative estimate of drug-likeness (QED) is 0.364. The molecule has 0 fully saturated rings. The normalized spacial score (nSPS) is 14.1. The average Bonchev–Trinajstić information content (AvgIpc) is 2.33. The third kappa shape index (κ3) is 4.09. The van der Waals surface area contributed by atoms with Crippen molar-refractivity contribution in [2.24, 2.45) is 0 Å². The maximum atomic E-state index is 12.5. The van der Waals surface area contributed by atoms with Gasteiger partial charge >= 0.3 is 21.8 Å². The molecule has 0 atom stereocenters. The topological polar surface area (TPSA) is 43.4 Å². The van der Waals surface area contributed by atoms with Crippen molar-refractivity contribution in [3.8, 4) is 0 Å². The highest BCUT2D eigenvalue weighted by Crippen LogP contribution is 2.32. The molecular formula is C10H5F7O3S. The number of benzene rings is 1. The molecule has 0 aliphatic heterocycles. The summed E-state index contributed by atoms with van der Waals surface area (Å²) in [6, 6.07) is 2.01. The third-order valence-corrected chi connectivity index (χ3v) is 3.04. The van der Waals surface area contributed by atoms with E-state index < -0.39 is 45.0 Å². The van der Waals surface area contributed by atoms with E-state index in [0.29, 0.717) is 24.3 Å². The fourth-order valence-electron chi connectivity index (χ4n) is 1.12. The van der Waals surface area contributed by atoms with Crippen LogP contribution < -0.4 is 0 Å². The lowest BCUT2D eigenvalue weighted by atomic mass is 10.1. The Hall–Kier alpha value is -1.78. The molecule has 0 N–H and O–H groups in total. The molecule has 0 heterocycles. The smallest absolute Gasteiger partial charge is 0.373 e. The molecule has 3 nitrogen and oxygen atoms in total. The van der Waals surface area contributed by atoms with Gasteiger partial charge in [0, 0.05) is 5.56 Å². The van der Waals surface area contributed by atoms with E-state index in [2.05, 4.69) is 4.18 Å². The van der Waals surface area contributed by atoms with Crippen LogP contribution in [0.4, 0.5) is 30.7 Å². The standard InChI is InChI=1S/C10H5F7O3S/c11-5-8(20-21(18,19)10(15,16)17)6-1-3-7(4-2-6)9(12,13)14/h1-5H/b8-5+. The van der Waals surface area contributed by atoms with Crippen LogP contribution in [0.3, 0.4) is 0 Å². The second-order valence-electron chi connectivity index (χ2n) is 3.53. The van der Waals surface area contributed by atoms with E-state index in [1.54, 1.807) is 0 Å². The van der Waals surface area contributed by atoms with Crippen LogP contribution in [-0.4, -0.2) is 13.9 Å². The molecule has 0 amide bonds. The van der Waals surface area contributed by atoms with Crippen molar-refractivity contribution in [1.82, 2.24) is 0 Å². The molecule has 0 aromatic heterocycles. The molecule has 21 heavy (non-hydrogen) atoms. The molecule has 1 aromatic carbocycles. The van der Waals surface area contributed by atoms with Crippen molar-refractivity contribution in [2.45, 2.75) is 11.7 Å². The van der Waals surface area contributed by atoms with Gasteiger partial charge in [-0.2, -0.15) is 34.8 Å². The van der Waals surface area contributed by atoms with Gasteiger partial charge in [-0.1, -0.05) is 12.1 Å². The first-order chi connectivity index (χ1) is 9.38. The monoisotopic (exact) mass is 338 g/mol. The molecular weight excluding hydrogens is 333 g/mol. The van der Waals surface area contributed by atoms with Gasteiger partial charge in [-0.15, -0.1) is 0 Å². The Labute approximate surface area is 113 Å². The zero-order chi connectivity index (χ0) is 16.5. The van der Waals surface area contributed by atoms with E-state index in [4.69, 9.17) is 0 Å². The van der Waals surface area contributed by atoms with Crippen molar-refractivity contribution in [3.63, 3.8) is 0 Å². The van der Waals surface area contributed by atoms with E-state index in [-0.39, 0.29) is 0 Å². The van der Waals surface area contributed by atoms with E-state index in [0.717, 1.165) is 0 Å². The second kappa shape index (κ2) is 5.54. The molecule has 0 radical (unpaired) electrons. The van der Waals surface area contributed by atoms with Crippen molar-refractivity contribution in [1.29, 1.82) is 0 Å². The van der Waals surface area contributed by atoms with Gasteiger partial charge in [-0.25, -0.2) is 4.39 Å². The lowest BCUT2D eigenvalue weighted by Gasteiger charge is -2.12. The fourth-order valence-corrected chi connectivity index (χ4v) is 1.58.